The molecule has 7 heteroatoms. The second-order valence-electron chi connectivity index (χ2n) is 7.51. The molecule has 3 rings (SSSR count). The Morgan fingerprint density at radius 3 is 2.72 bits per heavy atom. The van der Waals surface area contributed by atoms with Gasteiger partial charge in [0, 0.05) is 38.4 Å². The summed E-state index contributed by atoms with van der Waals surface area (Å²) in [6, 6.07) is 3.44. The maximum atomic E-state index is 14.4. The molecule has 0 unspecified atom stereocenters. The number of carbonyl (C=O) groups excluding carboxylic acids is 1. The topological polar surface area (TPSA) is 61.5 Å². The van der Waals surface area contributed by atoms with Crippen molar-refractivity contribution in [1.82, 2.24) is 14.9 Å². The summed E-state index contributed by atoms with van der Waals surface area (Å²) in [4.78, 5) is 23.1. The molecule has 0 radical (unpaired) electrons. The maximum Gasteiger partial charge on any atom is 0.410 e. The number of nitrogens with zero attached hydrogens (tertiary/aromatic N) is 3. The van der Waals surface area contributed by atoms with E-state index in [-0.39, 0.29) is 18.0 Å². The monoisotopic (exact) mass is 348 g/mol. The predicted octanol–water partition coefficient (Wildman–Crippen LogP) is 3.54. The number of H-pyrrole nitrogens is 1. The zero-order valence-corrected chi connectivity index (χ0v) is 15.2. The molecule has 1 saturated heterocycles. The van der Waals surface area contributed by atoms with Gasteiger partial charge in [-0.3, -0.25) is 0 Å². The van der Waals surface area contributed by atoms with Gasteiger partial charge < -0.3 is 19.5 Å². The highest BCUT2D eigenvalue weighted by Gasteiger charge is 2.29. The third-order valence-electron chi connectivity index (χ3n) is 4.47. The number of rotatable bonds is 2. The minimum Gasteiger partial charge on any atom is -0.444 e. The van der Waals surface area contributed by atoms with Crippen LogP contribution in [-0.2, 0) is 4.74 Å². The average Bonchev–Trinajstić information content (AvgIpc) is 2.99. The molecule has 1 N–H and O–H groups in total. The number of aromatic nitrogens is 2. The van der Waals surface area contributed by atoms with Crippen LogP contribution < -0.4 is 4.90 Å². The zero-order chi connectivity index (χ0) is 18.2. The number of fused-ring (bicyclic) bond motifs is 1. The number of amides is 1. The molecule has 1 aliphatic rings. The molecule has 2 aromatic heterocycles. The van der Waals surface area contributed by atoms with Gasteiger partial charge in [-0.05, 0) is 39.7 Å². The Morgan fingerprint density at radius 1 is 1.40 bits per heavy atom. The smallest absolute Gasteiger partial charge is 0.410 e. The molecule has 1 aliphatic heterocycles. The number of piperidine rings is 1. The number of nitrogens with one attached hydrogen (secondary N) is 1. The van der Waals surface area contributed by atoms with E-state index in [4.69, 9.17) is 4.74 Å². The van der Waals surface area contributed by atoms with Gasteiger partial charge in [-0.2, -0.15) is 0 Å². The van der Waals surface area contributed by atoms with Crippen molar-refractivity contribution in [1.29, 1.82) is 0 Å². The van der Waals surface area contributed by atoms with Gasteiger partial charge in [-0.15, -0.1) is 0 Å². The highest BCUT2D eigenvalue weighted by molar-refractivity contribution is 5.77. The quantitative estimate of drug-likeness (QED) is 0.902. The largest absolute Gasteiger partial charge is 0.444 e. The zero-order valence-electron chi connectivity index (χ0n) is 15.2. The number of hydrogen-bond donors (Lipinski definition) is 1. The first-order valence-corrected chi connectivity index (χ1v) is 8.59. The minimum absolute atomic E-state index is 0.136. The van der Waals surface area contributed by atoms with Crippen LogP contribution in [0, 0.1) is 5.82 Å². The van der Waals surface area contributed by atoms with E-state index in [1.54, 1.807) is 11.1 Å². The second kappa shape index (κ2) is 6.54. The fourth-order valence-electron chi connectivity index (χ4n) is 3.13. The summed E-state index contributed by atoms with van der Waals surface area (Å²) in [6.07, 6.45) is 2.97. The molecular weight excluding hydrogens is 323 g/mol. The fourth-order valence-corrected chi connectivity index (χ4v) is 3.13. The molecule has 0 aromatic carbocycles. The molecule has 25 heavy (non-hydrogen) atoms. The van der Waals surface area contributed by atoms with E-state index < -0.39 is 5.60 Å². The molecule has 3 heterocycles. The summed E-state index contributed by atoms with van der Waals surface area (Å²) in [5, 5.41) is 0. The van der Waals surface area contributed by atoms with Gasteiger partial charge in [0.15, 0.2) is 11.6 Å². The van der Waals surface area contributed by atoms with Crippen LogP contribution in [0.5, 0.6) is 0 Å². The molecule has 0 aliphatic carbocycles. The first-order valence-electron chi connectivity index (χ1n) is 8.59. The summed E-state index contributed by atoms with van der Waals surface area (Å²) in [5.74, 6) is 0.00911. The molecule has 6 nitrogen and oxygen atoms in total. The summed E-state index contributed by atoms with van der Waals surface area (Å²) < 4.78 is 19.8. The number of likely N-dealkylation sites (tertiary alicyclic amines) is 1. The van der Waals surface area contributed by atoms with Crippen LogP contribution in [0.3, 0.4) is 0 Å². The number of hydrogen-bond acceptors (Lipinski definition) is 4. The lowest BCUT2D eigenvalue weighted by atomic mass is 10.0. The molecule has 136 valence electrons. The molecule has 1 fully saturated rings. The normalized spacial score (nSPS) is 16.3. The molecular formula is C18H25FN4O2. The minimum atomic E-state index is -0.496. The lowest BCUT2D eigenvalue weighted by Gasteiger charge is -2.37. The summed E-state index contributed by atoms with van der Waals surface area (Å²) in [5.41, 5.74) is 0.938. The number of ether oxygens (including phenoxy) is 1. The van der Waals surface area contributed by atoms with E-state index >= 15 is 0 Å². The summed E-state index contributed by atoms with van der Waals surface area (Å²) >= 11 is 0. The van der Waals surface area contributed by atoms with Crippen LogP contribution in [0.15, 0.2) is 18.3 Å². The van der Waals surface area contributed by atoms with Crippen molar-refractivity contribution in [3.05, 3.63) is 24.1 Å². The van der Waals surface area contributed by atoms with Crippen molar-refractivity contribution in [2.45, 2.75) is 45.3 Å². The Bertz CT molecular complexity index is 760. The molecule has 0 saturated carbocycles. The maximum absolute atomic E-state index is 14.4. The lowest BCUT2D eigenvalue weighted by molar-refractivity contribution is 0.0205. The van der Waals surface area contributed by atoms with E-state index in [0.717, 1.165) is 18.4 Å². The van der Waals surface area contributed by atoms with Crippen LogP contribution in [-0.4, -0.2) is 52.7 Å². The van der Waals surface area contributed by atoms with Crippen LogP contribution in [0.2, 0.25) is 0 Å². The van der Waals surface area contributed by atoms with Crippen molar-refractivity contribution < 1.29 is 13.9 Å². The SMILES string of the molecule is CN(c1nc2cc[nH]c2cc1F)C1CCN(C(=O)OC(C)(C)C)CC1. The average molecular weight is 348 g/mol. The van der Waals surface area contributed by atoms with E-state index in [2.05, 4.69) is 9.97 Å². The first kappa shape index (κ1) is 17.5. The summed E-state index contributed by atoms with van der Waals surface area (Å²) in [7, 11) is 1.86. The van der Waals surface area contributed by atoms with E-state index in [9.17, 15) is 9.18 Å². The van der Waals surface area contributed by atoms with Gasteiger partial charge in [0.25, 0.3) is 0 Å². The fraction of sp³-hybridized carbons (Fsp3) is 0.556. The van der Waals surface area contributed by atoms with Crippen LogP contribution >= 0.6 is 0 Å². The van der Waals surface area contributed by atoms with Gasteiger partial charge in [0.2, 0.25) is 0 Å². The second-order valence-corrected chi connectivity index (χ2v) is 7.51. The Balaban J connectivity index is 1.65. The number of carbonyl (C=O) groups is 1. The lowest BCUT2D eigenvalue weighted by Crippen LogP contribution is -2.47. The molecule has 0 spiro atoms. The Kier molecular flexibility index (Phi) is 4.58. The highest BCUT2D eigenvalue weighted by Crippen LogP contribution is 2.26. The van der Waals surface area contributed by atoms with Gasteiger partial charge in [-0.25, -0.2) is 14.2 Å². The number of aromatic amines is 1. The van der Waals surface area contributed by atoms with Gasteiger partial charge in [0.1, 0.15) is 5.60 Å². The van der Waals surface area contributed by atoms with Crippen molar-refractivity contribution in [2.24, 2.45) is 0 Å². The van der Waals surface area contributed by atoms with E-state index in [1.807, 2.05) is 38.8 Å². The van der Waals surface area contributed by atoms with Crippen molar-refractivity contribution in [3.8, 4) is 0 Å². The number of halogens is 1. The Labute approximate surface area is 147 Å². The summed E-state index contributed by atoms with van der Waals surface area (Å²) in [6.45, 7) is 6.76. The molecule has 2 aromatic rings. The number of pyridine rings is 1. The third kappa shape index (κ3) is 3.86. The van der Waals surface area contributed by atoms with Crippen LogP contribution in [0.4, 0.5) is 15.0 Å². The Hall–Kier alpha value is -2.31. The van der Waals surface area contributed by atoms with Crippen molar-refractivity contribution in [2.75, 3.05) is 25.0 Å². The predicted molar refractivity (Wildman–Crippen MR) is 95.3 cm³/mol. The standard InChI is InChI=1S/C18H25FN4O2/c1-18(2,3)25-17(24)23-9-6-12(7-10-23)22(4)16-13(19)11-15-14(21-16)5-8-20-15/h5,8,11-12,20H,6-7,9-10H2,1-4H3. The molecule has 0 bridgehead atoms. The van der Waals surface area contributed by atoms with Gasteiger partial charge in [0.05, 0.1) is 11.0 Å². The van der Waals surface area contributed by atoms with Gasteiger partial charge in [-0.1, -0.05) is 0 Å². The first-order chi connectivity index (χ1) is 11.7. The highest BCUT2D eigenvalue weighted by atomic mass is 19.1. The van der Waals surface area contributed by atoms with E-state index in [0.29, 0.717) is 24.4 Å². The molecule has 1 amide bonds. The Morgan fingerprint density at radius 2 is 2.08 bits per heavy atom. The van der Waals surface area contributed by atoms with Gasteiger partial charge >= 0.3 is 6.09 Å². The van der Waals surface area contributed by atoms with Crippen molar-refractivity contribution >= 4 is 22.9 Å². The van der Waals surface area contributed by atoms with Crippen molar-refractivity contribution in [3.63, 3.8) is 0 Å². The number of anilines is 1. The molecule has 0 atom stereocenters. The van der Waals surface area contributed by atoms with Crippen LogP contribution in [0.25, 0.3) is 11.0 Å². The van der Waals surface area contributed by atoms with Crippen LogP contribution in [0.1, 0.15) is 33.6 Å². The van der Waals surface area contributed by atoms with E-state index in [1.165, 1.54) is 6.07 Å². The third-order valence-corrected chi connectivity index (χ3v) is 4.47.